The molecule has 1 amide bonds. The number of hydrogen-bond donors (Lipinski definition) is 1. The molecule has 4 heteroatoms. The third-order valence-corrected chi connectivity index (χ3v) is 2.87. The van der Waals surface area contributed by atoms with Crippen LogP contribution in [0.1, 0.15) is 4.88 Å². The topological polar surface area (TPSA) is 29.1 Å². The Hall–Kier alpha value is -0.790. The van der Waals surface area contributed by atoms with Crippen molar-refractivity contribution in [2.24, 2.45) is 0 Å². The predicted octanol–water partition coefficient (Wildman–Crippen LogP) is 1.76. The fourth-order valence-electron chi connectivity index (χ4n) is 0.665. The van der Waals surface area contributed by atoms with Gasteiger partial charge in [-0.25, -0.2) is 0 Å². The van der Waals surface area contributed by atoms with Crippen LogP contribution in [0.5, 0.6) is 0 Å². The standard InChI is InChI=1S/C8H6BrNOS/c1-2-8(11)10-4-7-3-6(9)5-12-7/h1,3,5H,4H2,(H,10,11). The van der Waals surface area contributed by atoms with Gasteiger partial charge >= 0.3 is 0 Å². The number of terminal acetylenes is 1. The molecule has 0 aliphatic carbocycles. The molecule has 0 aliphatic heterocycles. The van der Waals surface area contributed by atoms with E-state index in [1.54, 1.807) is 11.3 Å². The summed E-state index contributed by atoms with van der Waals surface area (Å²) in [7, 11) is 0. The van der Waals surface area contributed by atoms with Crippen molar-refractivity contribution in [2.45, 2.75) is 6.54 Å². The molecule has 0 atom stereocenters. The Kier molecular flexibility index (Phi) is 3.32. The van der Waals surface area contributed by atoms with Crippen LogP contribution in [0.15, 0.2) is 15.9 Å². The average molecular weight is 244 g/mol. The number of rotatable bonds is 2. The van der Waals surface area contributed by atoms with Crippen molar-refractivity contribution in [2.75, 3.05) is 0 Å². The van der Waals surface area contributed by atoms with Crippen molar-refractivity contribution in [3.05, 3.63) is 20.8 Å². The lowest BCUT2D eigenvalue weighted by Crippen LogP contribution is -2.19. The molecule has 0 aromatic carbocycles. The van der Waals surface area contributed by atoms with E-state index < -0.39 is 0 Å². The van der Waals surface area contributed by atoms with Crippen LogP contribution >= 0.6 is 27.3 Å². The van der Waals surface area contributed by atoms with Crippen LogP contribution < -0.4 is 5.32 Å². The Morgan fingerprint density at radius 3 is 3.08 bits per heavy atom. The smallest absolute Gasteiger partial charge is 0.295 e. The van der Waals surface area contributed by atoms with Crippen molar-refractivity contribution in [1.29, 1.82) is 0 Å². The molecular weight excluding hydrogens is 238 g/mol. The van der Waals surface area contributed by atoms with E-state index in [0.717, 1.165) is 9.35 Å². The molecule has 0 saturated heterocycles. The Bertz CT molecular complexity index is 326. The van der Waals surface area contributed by atoms with Crippen LogP contribution in [0.2, 0.25) is 0 Å². The Morgan fingerprint density at radius 1 is 1.83 bits per heavy atom. The molecule has 1 heterocycles. The zero-order valence-corrected chi connectivity index (χ0v) is 8.54. The van der Waals surface area contributed by atoms with E-state index in [1.165, 1.54) is 0 Å². The summed E-state index contributed by atoms with van der Waals surface area (Å²) in [6, 6.07) is 1.95. The molecule has 0 unspecified atom stereocenters. The highest BCUT2D eigenvalue weighted by atomic mass is 79.9. The Morgan fingerprint density at radius 2 is 2.58 bits per heavy atom. The van der Waals surface area contributed by atoms with E-state index in [2.05, 4.69) is 21.2 Å². The first-order valence-corrected chi connectivity index (χ1v) is 4.87. The number of nitrogens with one attached hydrogen (secondary N) is 1. The van der Waals surface area contributed by atoms with Gasteiger partial charge in [-0.15, -0.1) is 17.8 Å². The predicted molar refractivity (Wildman–Crippen MR) is 52.7 cm³/mol. The van der Waals surface area contributed by atoms with Crippen molar-refractivity contribution < 1.29 is 4.79 Å². The summed E-state index contributed by atoms with van der Waals surface area (Å²) in [5, 5.41) is 4.53. The summed E-state index contributed by atoms with van der Waals surface area (Å²) in [5.41, 5.74) is 0. The molecule has 1 N–H and O–H groups in total. The van der Waals surface area contributed by atoms with Crippen LogP contribution in [0.3, 0.4) is 0 Å². The van der Waals surface area contributed by atoms with Crippen molar-refractivity contribution in [1.82, 2.24) is 5.32 Å². The maximum absolute atomic E-state index is 10.6. The Labute approximate surface area is 83.1 Å². The van der Waals surface area contributed by atoms with Gasteiger partial charge in [0.2, 0.25) is 0 Å². The van der Waals surface area contributed by atoms with Gasteiger partial charge in [0.15, 0.2) is 0 Å². The molecule has 0 radical (unpaired) electrons. The molecule has 0 bridgehead atoms. The molecular formula is C8H6BrNOS. The zero-order valence-electron chi connectivity index (χ0n) is 6.13. The summed E-state index contributed by atoms with van der Waals surface area (Å²) in [6.45, 7) is 0.499. The highest BCUT2D eigenvalue weighted by Gasteiger charge is 1.98. The van der Waals surface area contributed by atoms with Gasteiger partial charge in [0, 0.05) is 14.7 Å². The quantitative estimate of drug-likeness (QED) is 0.789. The Balaban J connectivity index is 2.44. The van der Waals surface area contributed by atoms with Gasteiger partial charge in [0.25, 0.3) is 5.91 Å². The van der Waals surface area contributed by atoms with Gasteiger partial charge in [0.05, 0.1) is 6.54 Å². The number of halogens is 1. The third kappa shape index (κ3) is 2.68. The van der Waals surface area contributed by atoms with E-state index in [4.69, 9.17) is 6.42 Å². The summed E-state index contributed by atoms with van der Waals surface area (Å²) >= 11 is 4.89. The number of hydrogen-bond acceptors (Lipinski definition) is 2. The minimum absolute atomic E-state index is 0.375. The molecule has 1 aromatic heterocycles. The SMILES string of the molecule is C#CC(=O)NCc1cc(Br)cs1. The van der Waals surface area contributed by atoms with Gasteiger partial charge < -0.3 is 5.32 Å². The van der Waals surface area contributed by atoms with Crippen molar-refractivity contribution in [3.8, 4) is 12.3 Å². The van der Waals surface area contributed by atoms with Crippen LogP contribution in [0, 0.1) is 12.3 Å². The van der Waals surface area contributed by atoms with Crippen molar-refractivity contribution in [3.63, 3.8) is 0 Å². The van der Waals surface area contributed by atoms with E-state index in [1.807, 2.05) is 17.4 Å². The first-order chi connectivity index (χ1) is 5.72. The molecule has 0 saturated carbocycles. The summed E-state index contributed by atoms with van der Waals surface area (Å²) in [4.78, 5) is 11.7. The van der Waals surface area contributed by atoms with Gasteiger partial charge in [-0.05, 0) is 27.9 Å². The van der Waals surface area contributed by atoms with Gasteiger partial charge in [0.1, 0.15) is 0 Å². The largest absolute Gasteiger partial charge is 0.340 e. The second-order valence-corrected chi connectivity index (χ2v) is 3.97. The van der Waals surface area contributed by atoms with Crippen LogP contribution in [-0.4, -0.2) is 5.91 Å². The van der Waals surface area contributed by atoms with E-state index in [-0.39, 0.29) is 5.91 Å². The van der Waals surface area contributed by atoms with Crippen LogP contribution in [0.4, 0.5) is 0 Å². The fraction of sp³-hybridized carbons (Fsp3) is 0.125. The number of carbonyl (C=O) groups excluding carboxylic acids is 1. The van der Waals surface area contributed by atoms with Gasteiger partial charge in [-0.2, -0.15) is 0 Å². The molecule has 2 nitrogen and oxygen atoms in total. The summed E-state index contributed by atoms with van der Waals surface area (Å²) in [5.74, 6) is 1.61. The van der Waals surface area contributed by atoms with E-state index in [9.17, 15) is 4.79 Å². The molecule has 0 fully saturated rings. The first kappa shape index (κ1) is 9.30. The normalized spacial score (nSPS) is 9.00. The fourth-order valence-corrected chi connectivity index (χ4v) is 2.06. The molecule has 12 heavy (non-hydrogen) atoms. The van der Waals surface area contributed by atoms with Crippen LogP contribution in [0.25, 0.3) is 0 Å². The highest BCUT2D eigenvalue weighted by molar-refractivity contribution is 9.10. The monoisotopic (exact) mass is 243 g/mol. The zero-order chi connectivity index (χ0) is 8.97. The van der Waals surface area contributed by atoms with Gasteiger partial charge in [-0.1, -0.05) is 0 Å². The average Bonchev–Trinajstić information content (AvgIpc) is 2.47. The second-order valence-electron chi connectivity index (χ2n) is 2.06. The maximum atomic E-state index is 10.6. The van der Waals surface area contributed by atoms with E-state index >= 15 is 0 Å². The number of thiophene rings is 1. The minimum Gasteiger partial charge on any atom is -0.340 e. The van der Waals surface area contributed by atoms with Crippen LogP contribution in [-0.2, 0) is 11.3 Å². The minimum atomic E-state index is -0.375. The third-order valence-electron chi connectivity index (χ3n) is 1.18. The molecule has 1 rings (SSSR count). The van der Waals surface area contributed by atoms with Gasteiger partial charge in [-0.3, -0.25) is 4.79 Å². The summed E-state index contributed by atoms with van der Waals surface area (Å²) < 4.78 is 1.03. The molecule has 62 valence electrons. The highest BCUT2D eigenvalue weighted by Crippen LogP contribution is 2.19. The first-order valence-electron chi connectivity index (χ1n) is 3.19. The lowest BCUT2D eigenvalue weighted by molar-refractivity contribution is -0.115. The maximum Gasteiger partial charge on any atom is 0.295 e. The molecule has 1 aromatic rings. The second kappa shape index (κ2) is 4.29. The molecule has 0 aliphatic rings. The summed E-state index contributed by atoms with van der Waals surface area (Å²) in [6.07, 6.45) is 4.87. The van der Waals surface area contributed by atoms with E-state index in [0.29, 0.717) is 6.54 Å². The lowest BCUT2D eigenvalue weighted by Gasteiger charge is -1.95. The molecule has 0 spiro atoms. The number of carbonyl (C=O) groups is 1. The number of amides is 1. The lowest BCUT2D eigenvalue weighted by atomic mass is 10.4. The van der Waals surface area contributed by atoms with Crippen molar-refractivity contribution >= 4 is 33.2 Å².